The SMILES string of the molecule is CCNC(=NCc1cccc(CS(=O)(=O)NC)c1)N1CC(C)(C)C1(C)C.I. The molecule has 154 valence electrons. The lowest BCUT2D eigenvalue weighted by molar-refractivity contribution is -0.0667. The third-order valence-electron chi connectivity index (χ3n) is 5.55. The summed E-state index contributed by atoms with van der Waals surface area (Å²) in [5.74, 6) is 0.888. The van der Waals surface area contributed by atoms with E-state index in [0.29, 0.717) is 6.54 Å². The average Bonchev–Trinajstić information content (AvgIpc) is 2.57. The van der Waals surface area contributed by atoms with Gasteiger partial charge in [-0.25, -0.2) is 18.1 Å². The average molecular weight is 508 g/mol. The summed E-state index contributed by atoms with van der Waals surface area (Å²) in [7, 11) is -1.84. The third-order valence-corrected chi connectivity index (χ3v) is 6.88. The largest absolute Gasteiger partial charge is 0.356 e. The summed E-state index contributed by atoms with van der Waals surface area (Å²) in [5.41, 5.74) is 2.05. The second-order valence-corrected chi connectivity index (χ2v) is 9.91. The molecule has 1 aromatic carbocycles. The smallest absolute Gasteiger partial charge is 0.215 e. The maximum atomic E-state index is 11.7. The van der Waals surface area contributed by atoms with Crippen molar-refractivity contribution < 1.29 is 8.42 Å². The van der Waals surface area contributed by atoms with Gasteiger partial charge in [0.05, 0.1) is 12.3 Å². The molecule has 1 heterocycles. The van der Waals surface area contributed by atoms with Crippen LogP contribution in [-0.2, 0) is 22.3 Å². The molecular formula is C19H33IN4O2S. The van der Waals surface area contributed by atoms with E-state index in [0.717, 1.165) is 30.2 Å². The van der Waals surface area contributed by atoms with E-state index in [1.54, 1.807) is 0 Å². The number of halogens is 1. The quantitative estimate of drug-likeness (QED) is 0.352. The predicted molar refractivity (Wildman–Crippen MR) is 123 cm³/mol. The van der Waals surface area contributed by atoms with Gasteiger partial charge in [0.1, 0.15) is 0 Å². The van der Waals surface area contributed by atoms with Crippen molar-refractivity contribution in [1.29, 1.82) is 0 Å². The van der Waals surface area contributed by atoms with Gasteiger partial charge in [0.2, 0.25) is 10.0 Å². The first-order valence-corrected chi connectivity index (χ1v) is 10.7. The summed E-state index contributed by atoms with van der Waals surface area (Å²) >= 11 is 0. The minimum atomic E-state index is -3.27. The van der Waals surface area contributed by atoms with Gasteiger partial charge in [-0.1, -0.05) is 38.1 Å². The molecule has 0 atom stereocenters. The van der Waals surface area contributed by atoms with Gasteiger partial charge in [-0.2, -0.15) is 0 Å². The van der Waals surface area contributed by atoms with Crippen LogP contribution in [0, 0.1) is 5.41 Å². The fourth-order valence-electron chi connectivity index (χ4n) is 3.07. The van der Waals surface area contributed by atoms with Gasteiger partial charge >= 0.3 is 0 Å². The van der Waals surface area contributed by atoms with Gasteiger partial charge in [0.15, 0.2) is 5.96 Å². The van der Waals surface area contributed by atoms with Crippen molar-refractivity contribution in [3.63, 3.8) is 0 Å². The molecule has 2 N–H and O–H groups in total. The summed E-state index contributed by atoms with van der Waals surface area (Å²) in [6.45, 7) is 13.4. The van der Waals surface area contributed by atoms with Crippen molar-refractivity contribution in [2.45, 2.75) is 52.5 Å². The lowest BCUT2D eigenvalue weighted by Gasteiger charge is -2.62. The Balaban J connectivity index is 0.00000364. The number of aliphatic imine (C=N–C) groups is 1. The fraction of sp³-hybridized carbons (Fsp3) is 0.632. The highest BCUT2D eigenvalue weighted by Crippen LogP contribution is 2.46. The van der Waals surface area contributed by atoms with Crippen molar-refractivity contribution in [3.05, 3.63) is 35.4 Å². The van der Waals surface area contributed by atoms with E-state index >= 15 is 0 Å². The number of hydrogen-bond acceptors (Lipinski definition) is 3. The summed E-state index contributed by atoms with van der Waals surface area (Å²) < 4.78 is 25.8. The number of guanidine groups is 1. The van der Waals surface area contributed by atoms with Gasteiger partial charge in [-0.15, -0.1) is 24.0 Å². The topological polar surface area (TPSA) is 73.8 Å². The van der Waals surface area contributed by atoms with Crippen molar-refractivity contribution in [2.75, 3.05) is 20.1 Å². The maximum absolute atomic E-state index is 11.7. The molecule has 27 heavy (non-hydrogen) atoms. The van der Waals surface area contributed by atoms with Gasteiger partial charge in [-0.05, 0) is 38.9 Å². The highest BCUT2D eigenvalue weighted by Gasteiger charge is 2.53. The lowest BCUT2D eigenvalue weighted by atomic mass is 9.65. The van der Waals surface area contributed by atoms with E-state index < -0.39 is 10.0 Å². The summed E-state index contributed by atoms with van der Waals surface area (Å²) in [6, 6.07) is 7.60. The highest BCUT2D eigenvalue weighted by molar-refractivity contribution is 14.0. The maximum Gasteiger partial charge on any atom is 0.215 e. The molecule has 0 bridgehead atoms. The minimum absolute atomic E-state index is 0. The molecular weight excluding hydrogens is 475 g/mol. The molecule has 0 unspecified atom stereocenters. The highest BCUT2D eigenvalue weighted by atomic mass is 127. The predicted octanol–water partition coefficient (Wildman–Crippen LogP) is 2.94. The molecule has 1 aliphatic heterocycles. The second kappa shape index (κ2) is 9.09. The van der Waals surface area contributed by atoms with Crippen molar-refractivity contribution in [2.24, 2.45) is 10.4 Å². The minimum Gasteiger partial charge on any atom is -0.356 e. The molecule has 0 radical (unpaired) electrons. The van der Waals surface area contributed by atoms with Gasteiger partial charge in [-0.3, -0.25) is 0 Å². The van der Waals surface area contributed by atoms with E-state index in [4.69, 9.17) is 4.99 Å². The Morgan fingerprint density at radius 1 is 1.22 bits per heavy atom. The summed E-state index contributed by atoms with van der Waals surface area (Å²) in [4.78, 5) is 7.10. The number of sulfonamides is 1. The number of likely N-dealkylation sites (tertiary alicyclic amines) is 1. The Kier molecular flexibility index (Phi) is 8.13. The van der Waals surface area contributed by atoms with Crippen LogP contribution in [0.1, 0.15) is 45.7 Å². The molecule has 0 amide bonds. The first-order valence-electron chi connectivity index (χ1n) is 9.07. The third kappa shape index (κ3) is 5.57. The number of rotatable bonds is 6. The van der Waals surface area contributed by atoms with E-state index in [1.165, 1.54) is 7.05 Å². The zero-order valence-electron chi connectivity index (χ0n) is 17.2. The van der Waals surface area contributed by atoms with E-state index in [2.05, 4.69) is 49.6 Å². The molecule has 0 spiro atoms. The standard InChI is InChI=1S/C19H32N4O2S.HI/c1-7-21-17(23-14-18(2,3)19(23,4)5)22-12-15-9-8-10-16(11-15)13-26(24,25)20-6;/h8-11,20H,7,12-14H2,1-6H3,(H,21,22);1H. The Morgan fingerprint density at radius 2 is 1.85 bits per heavy atom. The number of nitrogens with one attached hydrogen (secondary N) is 2. The van der Waals surface area contributed by atoms with Crippen molar-refractivity contribution in [3.8, 4) is 0 Å². The number of hydrogen-bond donors (Lipinski definition) is 2. The molecule has 8 heteroatoms. The molecule has 1 aliphatic rings. The van der Waals surface area contributed by atoms with Gasteiger partial charge < -0.3 is 10.2 Å². The lowest BCUT2D eigenvalue weighted by Crippen LogP contribution is -2.72. The first-order chi connectivity index (χ1) is 12.0. The molecule has 2 rings (SSSR count). The Hall–Kier alpha value is -0.870. The Morgan fingerprint density at radius 3 is 2.37 bits per heavy atom. The zero-order valence-corrected chi connectivity index (χ0v) is 20.3. The summed E-state index contributed by atoms with van der Waals surface area (Å²) in [5, 5.41) is 3.38. The molecule has 1 aromatic rings. The van der Waals surface area contributed by atoms with Crippen LogP contribution in [0.4, 0.5) is 0 Å². The number of nitrogens with zero attached hydrogens (tertiary/aromatic N) is 2. The van der Waals surface area contributed by atoms with Gasteiger partial charge in [0.25, 0.3) is 0 Å². The monoisotopic (exact) mass is 508 g/mol. The molecule has 0 aliphatic carbocycles. The van der Waals surface area contributed by atoms with Crippen LogP contribution in [0.5, 0.6) is 0 Å². The van der Waals surface area contributed by atoms with Crippen LogP contribution in [0.25, 0.3) is 0 Å². The fourth-order valence-corrected chi connectivity index (χ4v) is 3.83. The second-order valence-electron chi connectivity index (χ2n) is 7.98. The van der Waals surface area contributed by atoms with Crippen LogP contribution >= 0.6 is 24.0 Å². The molecule has 1 fully saturated rings. The molecule has 0 saturated carbocycles. The van der Waals surface area contributed by atoms with E-state index in [9.17, 15) is 8.42 Å². The molecule has 0 aromatic heterocycles. The van der Waals surface area contributed by atoms with Crippen LogP contribution in [0.15, 0.2) is 29.3 Å². The van der Waals surface area contributed by atoms with Crippen molar-refractivity contribution in [1.82, 2.24) is 14.9 Å². The number of benzene rings is 1. The van der Waals surface area contributed by atoms with E-state index in [-0.39, 0.29) is 40.7 Å². The van der Waals surface area contributed by atoms with Crippen molar-refractivity contribution >= 4 is 40.0 Å². The zero-order chi connectivity index (χ0) is 19.6. The molecule has 6 nitrogen and oxygen atoms in total. The van der Waals surface area contributed by atoms with Crippen LogP contribution in [0.3, 0.4) is 0 Å². The summed E-state index contributed by atoms with van der Waals surface area (Å²) in [6.07, 6.45) is 0. The Labute approximate surface area is 181 Å². The first kappa shape index (κ1) is 24.2. The van der Waals surface area contributed by atoms with Crippen LogP contribution in [0.2, 0.25) is 0 Å². The van der Waals surface area contributed by atoms with E-state index in [1.807, 2.05) is 24.3 Å². The Bertz CT molecular complexity index is 776. The van der Waals surface area contributed by atoms with Gasteiger partial charge in [0, 0.05) is 24.0 Å². The van der Waals surface area contributed by atoms with Crippen LogP contribution < -0.4 is 10.0 Å². The van der Waals surface area contributed by atoms with Crippen LogP contribution in [-0.4, -0.2) is 45.0 Å². The molecule has 1 saturated heterocycles. The normalized spacial score (nSPS) is 18.4.